The number of nitrogens with one attached hydrogen (secondary N) is 2. The monoisotopic (exact) mass is 279 g/mol. The number of carboxylic acids is 1. The van der Waals surface area contributed by atoms with Crippen molar-refractivity contribution in [2.24, 2.45) is 5.92 Å². The maximum atomic E-state index is 12.3. The van der Waals surface area contributed by atoms with Gasteiger partial charge in [0.1, 0.15) is 5.69 Å². The number of H-pyrrole nitrogens is 1. The lowest BCUT2D eigenvalue weighted by Gasteiger charge is -2.36. The number of aromatic amines is 1. The summed E-state index contributed by atoms with van der Waals surface area (Å²) in [6.07, 6.45) is 1.96. The van der Waals surface area contributed by atoms with Gasteiger partial charge in [-0.2, -0.15) is 0 Å². The first kappa shape index (κ1) is 14.4. The minimum Gasteiger partial charge on any atom is -0.477 e. The summed E-state index contributed by atoms with van der Waals surface area (Å²) in [5.41, 5.74) is 1.05. The van der Waals surface area contributed by atoms with Gasteiger partial charge in [-0.25, -0.2) is 9.59 Å². The molecular weight excluding hydrogens is 258 g/mol. The standard InChI is InChI=1S/C14H21N3O3/c1-8-4-5-17(10(3)6-8)14(20)16-11-7-9(2)15-12(11)13(18)19/h7-8,10,15H,4-6H2,1-3H3,(H,16,20)(H,18,19). The van der Waals surface area contributed by atoms with E-state index < -0.39 is 5.97 Å². The lowest BCUT2D eigenvalue weighted by molar-refractivity contribution is 0.0692. The van der Waals surface area contributed by atoms with Crippen LogP contribution in [-0.4, -0.2) is 39.6 Å². The molecule has 110 valence electrons. The molecule has 0 aromatic carbocycles. The quantitative estimate of drug-likeness (QED) is 0.778. The number of piperidine rings is 1. The molecule has 1 aromatic heterocycles. The summed E-state index contributed by atoms with van der Waals surface area (Å²) >= 11 is 0. The number of amides is 2. The van der Waals surface area contributed by atoms with Crippen molar-refractivity contribution in [1.29, 1.82) is 0 Å². The van der Waals surface area contributed by atoms with E-state index in [0.717, 1.165) is 12.8 Å². The molecule has 2 rings (SSSR count). The van der Waals surface area contributed by atoms with Crippen LogP contribution in [0.3, 0.4) is 0 Å². The molecule has 20 heavy (non-hydrogen) atoms. The fourth-order valence-electron chi connectivity index (χ4n) is 2.75. The van der Waals surface area contributed by atoms with E-state index in [-0.39, 0.29) is 17.8 Å². The third-order valence-corrected chi connectivity index (χ3v) is 3.81. The van der Waals surface area contributed by atoms with Crippen LogP contribution in [0.1, 0.15) is 42.9 Å². The molecule has 1 aliphatic heterocycles. The van der Waals surface area contributed by atoms with Crippen LogP contribution in [0.4, 0.5) is 10.5 Å². The van der Waals surface area contributed by atoms with Crippen molar-refractivity contribution in [2.75, 3.05) is 11.9 Å². The van der Waals surface area contributed by atoms with Crippen LogP contribution in [0.2, 0.25) is 0 Å². The molecule has 2 atom stereocenters. The molecule has 2 amide bonds. The van der Waals surface area contributed by atoms with E-state index in [0.29, 0.717) is 23.8 Å². The van der Waals surface area contributed by atoms with Crippen molar-refractivity contribution < 1.29 is 14.7 Å². The lowest BCUT2D eigenvalue weighted by atomic mass is 9.94. The molecule has 1 saturated heterocycles. The molecule has 0 spiro atoms. The predicted molar refractivity (Wildman–Crippen MR) is 76.1 cm³/mol. The molecule has 6 heteroatoms. The van der Waals surface area contributed by atoms with Crippen LogP contribution in [0.5, 0.6) is 0 Å². The topological polar surface area (TPSA) is 85.4 Å². The highest BCUT2D eigenvalue weighted by Crippen LogP contribution is 2.24. The smallest absolute Gasteiger partial charge is 0.354 e. The molecule has 0 saturated carbocycles. The van der Waals surface area contributed by atoms with E-state index in [2.05, 4.69) is 17.2 Å². The number of hydrogen-bond acceptors (Lipinski definition) is 2. The molecule has 1 fully saturated rings. The summed E-state index contributed by atoms with van der Waals surface area (Å²) in [5.74, 6) is -0.452. The Kier molecular flexibility index (Phi) is 4.01. The van der Waals surface area contributed by atoms with Crippen LogP contribution >= 0.6 is 0 Å². The lowest BCUT2D eigenvalue weighted by Crippen LogP contribution is -2.46. The maximum absolute atomic E-state index is 12.3. The van der Waals surface area contributed by atoms with Gasteiger partial charge in [0.25, 0.3) is 0 Å². The van der Waals surface area contributed by atoms with Gasteiger partial charge in [-0.15, -0.1) is 0 Å². The van der Waals surface area contributed by atoms with Gasteiger partial charge in [0.2, 0.25) is 0 Å². The number of nitrogens with zero attached hydrogens (tertiary/aromatic N) is 1. The summed E-state index contributed by atoms with van der Waals surface area (Å²) in [6, 6.07) is 1.58. The Morgan fingerprint density at radius 1 is 1.45 bits per heavy atom. The van der Waals surface area contributed by atoms with Crippen molar-refractivity contribution in [1.82, 2.24) is 9.88 Å². The van der Waals surface area contributed by atoms with Crippen LogP contribution < -0.4 is 5.32 Å². The average Bonchev–Trinajstić information content (AvgIpc) is 2.70. The number of anilines is 1. The molecule has 2 unspecified atom stereocenters. The van der Waals surface area contributed by atoms with Crippen molar-refractivity contribution in [3.05, 3.63) is 17.5 Å². The van der Waals surface area contributed by atoms with E-state index in [9.17, 15) is 9.59 Å². The van der Waals surface area contributed by atoms with E-state index in [1.165, 1.54) is 0 Å². The van der Waals surface area contributed by atoms with Crippen molar-refractivity contribution in [3.63, 3.8) is 0 Å². The number of urea groups is 1. The third-order valence-electron chi connectivity index (χ3n) is 3.81. The van der Waals surface area contributed by atoms with Crippen molar-refractivity contribution in [2.45, 2.75) is 39.7 Å². The van der Waals surface area contributed by atoms with Gasteiger partial charge in [-0.05, 0) is 38.7 Å². The predicted octanol–water partition coefficient (Wildman–Crippen LogP) is 2.67. The first-order valence-corrected chi connectivity index (χ1v) is 6.89. The maximum Gasteiger partial charge on any atom is 0.354 e. The number of carbonyl (C=O) groups is 2. The van der Waals surface area contributed by atoms with Gasteiger partial charge < -0.3 is 20.3 Å². The highest BCUT2D eigenvalue weighted by Gasteiger charge is 2.27. The van der Waals surface area contributed by atoms with Crippen LogP contribution in [0.25, 0.3) is 0 Å². The van der Waals surface area contributed by atoms with E-state index in [1.54, 1.807) is 17.9 Å². The minimum absolute atomic E-state index is 0.0221. The Balaban J connectivity index is 2.10. The van der Waals surface area contributed by atoms with Gasteiger partial charge >= 0.3 is 12.0 Å². The molecule has 1 aliphatic rings. The zero-order chi connectivity index (χ0) is 14.9. The van der Waals surface area contributed by atoms with Gasteiger partial charge in [-0.1, -0.05) is 6.92 Å². The Labute approximate surface area is 118 Å². The van der Waals surface area contributed by atoms with Gasteiger partial charge in [-0.3, -0.25) is 0 Å². The Morgan fingerprint density at radius 2 is 2.15 bits per heavy atom. The van der Waals surface area contributed by atoms with E-state index in [4.69, 9.17) is 5.11 Å². The van der Waals surface area contributed by atoms with Crippen LogP contribution in [0.15, 0.2) is 6.07 Å². The second-order valence-electron chi connectivity index (χ2n) is 5.65. The summed E-state index contributed by atoms with van der Waals surface area (Å²) in [4.78, 5) is 27.9. The zero-order valence-electron chi connectivity index (χ0n) is 12.1. The molecular formula is C14H21N3O3. The number of carbonyl (C=O) groups excluding carboxylic acids is 1. The Bertz CT molecular complexity index is 524. The first-order chi connectivity index (χ1) is 9.38. The van der Waals surface area contributed by atoms with E-state index >= 15 is 0 Å². The second-order valence-corrected chi connectivity index (χ2v) is 5.65. The van der Waals surface area contributed by atoms with Crippen molar-refractivity contribution in [3.8, 4) is 0 Å². The van der Waals surface area contributed by atoms with Gasteiger partial charge in [0.05, 0.1) is 5.69 Å². The number of aromatic nitrogens is 1. The van der Waals surface area contributed by atoms with Gasteiger partial charge in [0.15, 0.2) is 0 Å². The van der Waals surface area contributed by atoms with Crippen molar-refractivity contribution >= 4 is 17.7 Å². The molecule has 0 bridgehead atoms. The molecule has 1 aromatic rings. The molecule has 3 N–H and O–H groups in total. The fourth-order valence-corrected chi connectivity index (χ4v) is 2.75. The molecule has 0 aliphatic carbocycles. The third kappa shape index (κ3) is 2.95. The van der Waals surface area contributed by atoms with Crippen LogP contribution in [-0.2, 0) is 0 Å². The Morgan fingerprint density at radius 3 is 2.75 bits per heavy atom. The highest BCUT2D eigenvalue weighted by molar-refractivity contribution is 5.99. The zero-order valence-corrected chi connectivity index (χ0v) is 12.1. The molecule has 2 heterocycles. The second kappa shape index (κ2) is 5.56. The minimum atomic E-state index is -1.08. The molecule has 0 radical (unpaired) electrons. The first-order valence-electron chi connectivity index (χ1n) is 6.89. The number of aromatic carboxylic acids is 1. The van der Waals surface area contributed by atoms with Gasteiger partial charge in [0, 0.05) is 18.3 Å². The molecule has 6 nitrogen and oxygen atoms in total. The van der Waals surface area contributed by atoms with E-state index in [1.807, 2.05) is 6.92 Å². The highest BCUT2D eigenvalue weighted by atomic mass is 16.4. The summed E-state index contributed by atoms with van der Waals surface area (Å²) in [5, 5.41) is 11.8. The van der Waals surface area contributed by atoms with Crippen LogP contribution in [0, 0.1) is 12.8 Å². The number of aryl methyl sites for hydroxylation is 1. The SMILES string of the molecule is Cc1cc(NC(=O)N2CCC(C)CC2C)c(C(=O)O)[nH]1. The normalized spacial score (nSPS) is 22.6. The number of carboxylic acid groups (broad SMARTS) is 1. The average molecular weight is 279 g/mol. The number of likely N-dealkylation sites (tertiary alicyclic amines) is 1. The summed E-state index contributed by atoms with van der Waals surface area (Å²) < 4.78 is 0. The largest absolute Gasteiger partial charge is 0.477 e. The Hall–Kier alpha value is -1.98. The summed E-state index contributed by atoms with van der Waals surface area (Å²) in [6.45, 7) is 6.67. The summed E-state index contributed by atoms with van der Waals surface area (Å²) in [7, 11) is 0. The number of rotatable bonds is 2. The number of hydrogen-bond donors (Lipinski definition) is 3. The fraction of sp³-hybridized carbons (Fsp3) is 0.571.